The van der Waals surface area contributed by atoms with Crippen molar-refractivity contribution in [2.45, 2.75) is 38.3 Å². The molecular weight excluding hydrogens is 441 g/mol. The van der Waals surface area contributed by atoms with Crippen LogP contribution in [0.3, 0.4) is 0 Å². The number of aromatic nitrogens is 3. The minimum atomic E-state index is -1.65. The van der Waals surface area contributed by atoms with Gasteiger partial charge in [-0.05, 0) is 60.6 Å². The lowest BCUT2D eigenvalue weighted by molar-refractivity contribution is 0.0716. The lowest BCUT2D eigenvalue weighted by Crippen LogP contribution is -2.62. The van der Waals surface area contributed by atoms with Crippen LogP contribution in [0.5, 0.6) is 0 Å². The van der Waals surface area contributed by atoms with Crippen molar-refractivity contribution in [3.05, 3.63) is 76.7 Å². The summed E-state index contributed by atoms with van der Waals surface area (Å²) in [6.45, 7) is 3.95. The summed E-state index contributed by atoms with van der Waals surface area (Å²) < 4.78 is 18.1. The van der Waals surface area contributed by atoms with E-state index in [1.807, 2.05) is 44.4 Å². The van der Waals surface area contributed by atoms with E-state index in [4.69, 9.17) is 7.85 Å². The van der Waals surface area contributed by atoms with Crippen LogP contribution in [0.25, 0.3) is 22.0 Å². The number of hydrogen-bond donors (Lipinski definition) is 1. The molecule has 2 aliphatic heterocycles. The molecule has 0 saturated heterocycles. The first-order valence-electron chi connectivity index (χ1n) is 11.5. The van der Waals surface area contributed by atoms with Gasteiger partial charge in [0, 0.05) is 36.9 Å². The summed E-state index contributed by atoms with van der Waals surface area (Å²) in [5.41, 5.74) is 4.80. The minimum absolute atomic E-state index is 0.216. The van der Waals surface area contributed by atoms with Gasteiger partial charge in [-0.2, -0.15) is 5.10 Å². The van der Waals surface area contributed by atoms with Gasteiger partial charge in [-0.1, -0.05) is 24.3 Å². The van der Waals surface area contributed by atoms with E-state index in [1.165, 1.54) is 11.1 Å². The number of benzene rings is 2. The number of hydrogen-bond acceptors (Lipinski definition) is 4. The number of fused-ring (bicyclic) bond motifs is 5. The van der Waals surface area contributed by atoms with Crippen molar-refractivity contribution in [2.75, 3.05) is 0 Å². The van der Waals surface area contributed by atoms with Crippen molar-refractivity contribution in [1.29, 1.82) is 0 Å². The lowest BCUT2D eigenvalue weighted by Gasteiger charge is -2.42. The van der Waals surface area contributed by atoms with E-state index in [0.717, 1.165) is 33.2 Å². The number of amides is 1. The summed E-state index contributed by atoms with van der Waals surface area (Å²) in [5, 5.41) is 14.5. The highest BCUT2D eigenvalue weighted by atomic mass is 19.1. The molecule has 6 nitrogen and oxygen atoms in total. The van der Waals surface area contributed by atoms with Crippen LogP contribution in [-0.4, -0.2) is 45.5 Å². The predicted octanol–water partition coefficient (Wildman–Crippen LogP) is 2.87. The molecular formula is C26H23B2FN4O2. The molecule has 2 aromatic heterocycles. The summed E-state index contributed by atoms with van der Waals surface area (Å²) in [5.74, 6) is -0.299. The summed E-state index contributed by atoms with van der Waals surface area (Å²) >= 11 is 0. The first-order chi connectivity index (χ1) is 16.5. The van der Waals surface area contributed by atoms with Gasteiger partial charge in [0.1, 0.15) is 7.85 Å². The normalized spacial score (nSPS) is 19.2. The highest BCUT2D eigenvalue weighted by Gasteiger charge is 2.58. The molecule has 1 unspecified atom stereocenters. The number of rotatable bonds is 2. The SMILES string of the molecule is [B]C12B(F)c3cc(-c4ccc(C(C)(C)O)c5nn(C)cc45)cc(C)c3CN1C(=O)c1cccnc12. The molecule has 172 valence electrons. The maximum atomic E-state index is 16.4. The minimum Gasteiger partial charge on any atom is -0.386 e. The fourth-order valence-electron chi connectivity index (χ4n) is 5.60. The third kappa shape index (κ3) is 2.91. The van der Waals surface area contributed by atoms with Crippen LogP contribution in [-0.2, 0) is 24.5 Å². The van der Waals surface area contributed by atoms with Crippen LogP contribution < -0.4 is 5.46 Å². The molecule has 0 spiro atoms. The molecule has 4 heterocycles. The molecule has 0 saturated carbocycles. The molecule has 2 aromatic carbocycles. The van der Waals surface area contributed by atoms with E-state index in [-0.39, 0.29) is 18.1 Å². The quantitative estimate of drug-likeness (QED) is 0.464. The summed E-state index contributed by atoms with van der Waals surface area (Å²) in [6, 6.07) is 11.0. The average molecular weight is 464 g/mol. The van der Waals surface area contributed by atoms with Gasteiger partial charge in [-0.15, -0.1) is 0 Å². The largest absolute Gasteiger partial charge is 0.403 e. The zero-order chi connectivity index (χ0) is 24.9. The molecule has 9 heteroatoms. The zero-order valence-electron chi connectivity index (χ0n) is 20.0. The number of nitrogens with zero attached hydrogens (tertiary/aromatic N) is 4. The third-order valence-corrected chi connectivity index (χ3v) is 7.35. The van der Waals surface area contributed by atoms with E-state index in [2.05, 4.69) is 10.1 Å². The first kappa shape index (κ1) is 22.0. The highest BCUT2D eigenvalue weighted by Crippen LogP contribution is 2.43. The van der Waals surface area contributed by atoms with Crippen LogP contribution in [0.15, 0.2) is 48.8 Å². The van der Waals surface area contributed by atoms with Crippen molar-refractivity contribution >= 4 is 37.1 Å². The van der Waals surface area contributed by atoms with E-state index in [0.29, 0.717) is 16.5 Å². The molecule has 6 rings (SSSR count). The number of carbonyl (C=O) groups excluding carboxylic acids is 1. The maximum Gasteiger partial charge on any atom is 0.403 e. The Balaban J connectivity index is 1.55. The molecule has 1 atom stereocenters. The van der Waals surface area contributed by atoms with Gasteiger partial charge < -0.3 is 14.3 Å². The number of halogens is 1. The molecule has 35 heavy (non-hydrogen) atoms. The van der Waals surface area contributed by atoms with Crippen LogP contribution in [0.1, 0.15) is 46.6 Å². The summed E-state index contributed by atoms with van der Waals surface area (Å²) in [4.78, 5) is 18.8. The Morgan fingerprint density at radius 3 is 2.74 bits per heavy atom. The summed E-state index contributed by atoms with van der Waals surface area (Å²) in [7, 11) is 8.49. The van der Waals surface area contributed by atoms with Gasteiger partial charge in [0.25, 0.3) is 5.91 Å². The molecule has 0 bridgehead atoms. The fraction of sp³-hybridized carbons (Fsp3) is 0.269. The van der Waals surface area contributed by atoms with Crippen molar-refractivity contribution in [1.82, 2.24) is 19.7 Å². The summed E-state index contributed by atoms with van der Waals surface area (Å²) in [6.07, 6.45) is 3.45. The Morgan fingerprint density at radius 2 is 2.00 bits per heavy atom. The van der Waals surface area contributed by atoms with E-state index in [1.54, 1.807) is 30.7 Å². The van der Waals surface area contributed by atoms with Crippen molar-refractivity contribution in [2.24, 2.45) is 7.05 Å². The van der Waals surface area contributed by atoms with Crippen molar-refractivity contribution in [3.63, 3.8) is 0 Å². The Hall–Kier alpha value is -3.45. The van der Waals surface area contributed by atoms with Gasteiger partial charge in [-0.25, -0.2) is 0 Å². The number of aliphatic hydroxyl groups is 1. The van der Waals surface area contributed by atoms with Crippen LogP contribution >= 0.6 is 0 Å². The van der Waals surface area contributed by atoms with Gasteiger partial charge in [0.05, 0.1) is 27.7 Å². The number of pyridine rings is 1. The molecule has 2 radical (unpaired) electrons. The lowest BCUT2D eigenvalue weighted by atomic mass is 9.37. The smallest absolute Gasteiger partial charge is 0.386 e. The Labute approximate surface area is 204 Å². The van der Waals surface area contributed by atoms with Gasteiger partial charge in [-0.3, -0.25) is 14.5 Å². The van der Waals surface area contributed by atoms with Gasteiger partial charge >= 0.3 is 6.99 Å². The van der Waals surface area contributed by atoms with E-state index in [9.17, 15) is 9.90 Å². The van der Waals surface area contributed by atoms with Gasteiger partial charge in [0.2, 0.25) is 0 Å². The molecule has 1 N–H and O–H groups in total. The van der Waals surface area contributed by atoms with Crippen molar-refractivity contribution < 1.29 is 14.2 Å². The Morgan fingerprint density at radius 1 is 1.23 bits per heavy atom. The number of carbonyl (C=O) groups is 1. The molecule has 1 amide bonds. The monoisotopic (exact) mass is 464 g/mol. The van der Waals surface area contributed by atoms with Crippen LogP contribution in [0.4, 0.5) is 4.32 Å². The number of aryl methyl sites for hydroxylation is 2. The van der Waals surface area contributed by atoms with Gasteiger partial charge in [0.15, 0.2) is 0 Å². The highest BCUT2D eigenvalue weighted by molar-refractivity contribution is 6.77. The van der Waals surface area contributed by atoms with E-state index < -0.39 is 17.9 Å². The maximum absolute atomic E-state index is 16.4. The fourth-order valence-corrected chi connectivity index (χ4v) is 5.60. The van der Waals surface area contributed by atoms with Crippen LogP contribution in [0.2, 0.25) is 0 Å². The second kappa shape index (κ2) is 7.04. The second-order valence-corrected chi connectivity index (χ2v) is 10.1. The first-order valence-corrected chi connectivity index (χ1v) is 11.5. The Kier molecular flexibility index (Phi) is 4.43. The predicted molar refractivity (Wildman–Crippen MR) is 134 cm³/mol. The third-order valence-electron chi connectivity index (χ3n) is 7.35. The average Bonchev–Trinajstić information content (AvgIpc) is 3.30. The van der Waals surface area contributed by atoms with Crippen LogP contribution in [0, 0.1) is 6.92 Å². The van der Waals surface area contributed by atoms with Crippen molar-refractivity contribution in [3.8, 4) is 11.1 Å². The molecule has 4 aromatic rings. The topological polar surface area (TPSA) is 71.2 Å². The molecule has 0 aliphatic carbocycles. The second-order valence-electron chi connectivity index (χ2n) is 10.1. The standard InChI is InChI=1S/C26H23B2FN4O2/c1-14-10-15(16-7-8-20(25(2,3)35)22-19(16)12-32(4)31-22)11-21-18(14)13-33-24(34)17-6-5-9-30-23(17)26(33,27)28(21)29/h5-12,35H,13H2,1-4H3. The Bertz CT molecular complexity index is 1560. The zero-order valence-corrected chi connectivity index (χ0v) is 20.0. The molecule has 2 aliphatic rings. The molecule has 0 fully saturated rings. The van der Waals surface area contributed by atoms with E-state index >= 15 is 4.32 Å².